The Morgan fingerprint density at radius 3 is 2.32 bits per heavy atom. The number of rotatable bonds is 4. The molecule has 0 radical (unpaired) electrons. The Kier molecular flexibility index (Phi) is 5.43. The number of nitrogens with one attached hydrogen (secondary N) is 1. The van der Waals surface area contributed by atoms with Crippen molar-refractivity contribution in [3.05, 3.63) is 33.3 Å². The van der Waals surface area contributed by atoms with Gasteiger partial charge in [-0.2, -0.15) is 0 Å². The topological polar surface area (TPSA) is 41.5 Å². The maximum Gasteiger partial charge on any atom is 0.214 e. The summed E-state index contributed by atoms with van der Waals surface area (Å²) in [7, 11) is 0. The monoisotopic (exact) mass is 349 g/mol. The minimum atomic E-state index is -1.04. The van der Waals surface area contributed by atoms with Gasteiger partial charge in [0.2, 0.25) is 6.41 Å². The lowest BCUT2D eigenvalue weighted by molar-refractivity contribution is -0.191. The van der Waals surface area contributed by atoms with Crippen LogP contribution in [0.5, 0.6) is 0 Å². The molecular formula is C14H21BrClNO2. The molecule has 1 atom stereocenters. The van der Waals surface area contributed by atoms with Crippen molar-refractivity contribution in [2.75, 3.05) is 0 Å². The quantitative estimate of drug-likeness (QED) is 0.806. The fraction of sp³-hybridized carbons (Fsp3) is 0.571. The van der Waals surface area contributed by atoms with Gasteiger partial charge in [-0.25, -0.2) is 0 Å². The van der Waals surface area contributed by atoms with Crippen LogP contribution in [-0.2, 0) is 10.3 Å². The molecule has 0 fully saturated rings. The van der Waals surface area contributed by atoms with Crippen molar-refractivity contribution in [1.29, 1.82) is 0 Å². The second-order valence-corrected chi connectivity index (χ2v) is 7.24. The number of hydrogen-bond acceptors (Lipinski definition) is 3. The molecule has 0 saturated heterocycles. The highest BCUT2D eigenvalue weighted by atomic mass is 79.9. The summed E-state index contributed by atoms with van der Waals surface area (Å²) in [6.45, 7) is 9.59. The Morgan fingerprint density at radius 2 is 1.84 bits per heavy atom. The molecule has 1 aromatic rings. The molecule has 0 bridgehead atoms. The maximum absolute atomic E-state index is 9.93. The third-order valence-corrected chi connectivity index (χ3v) is 3.82. The first-order valence-corrected chi connectivity index (χ1v) is 7.27. The van der Waals surface area contributed by atoms with Crippen LogP contribution in [0.4, 0.5) is 0 Å². The minimum Gasteiger partial charge on any atom is -0.356 e. The average Bonchev–Trinajstić information content (AvgIpc) is 2.17. The third-order valence-electron chi connectivity index (χ3n) is 2.59. The Morgan fingerprint density at radius 1 is 1.26 bits per heavy atom. The molecule has 0 spiro atoms. The van der Waals surface area contributed by atoms with Crippen LogP contribution < -0.4 is 5.32 Å². The zero-order valence-electron chi connectivity index (χ0n) is 11.9. The van der Waals surface area contributed by atoms with Crippen molar-refractivity contribution in [1.82, 2.24) is 5.32 Å². The van der Waals surface area contributed by atoms with Crippen molar-refractivity contribution in [2.45, 2.75) is 52.2 Å². The van der Waals surface area contributed by atoms with Gasteiger partial charge in [-0.05, 0) is 68.2 Å². The van der Waals surface area contributed by atoms with Crippen LogP contribution in [0.15, 0.2) is 22.7 Å². The van der Waals surface area contributed by atoms with Crippen LogP contribution in [0.3, 0.4) is 0 Å². The summed E-state index contributed by atoms with van der Waals surface area (Å²) in [5.41, 5.74) is 0.0896. The van der Waals surface area contributed by atoms with Gasteiger partial charge in [-0.3, -0.25) is 5.32 Å². The van der Waals surface area contributed by atoms with Gasteiger partial charge in [0.25, 0.3) is 0 Å². The summed E-state index contributed by atoms with van der Waals surface area (Å²) in [5, 5.41) is 13.6. The molecule has 2 N–H and O–H groups in total. The number of hydrogen-bond donors (Lipinski definition) is 2. The molecular weight excluding hydrogens is 330 g/mol. The Labute approximate surface area is 128 Å². The van der Waals surface area contributed by atoms with Gasteiger partial charge in [0.05, 0.1) is 10.6 Å². The van der Waals surface area contributed by atoms with Gasteiger partial charge in [0.1, 0.15) is 0 Å². The second-order valence-electron chi connectivity index (χ2n) is 5.98. The highest BCUT2D eigenvalue weighted by molar-refractivity contribution is 9.10. The lowest BCUT2D eigenvalue weighted by Gasteiger charge is -2.33. The Bertz CT molecular complexity index is 444. The number of aliphatic hydroxyl groups is 1. The summed E-state index contributed by atoms with van der Waals surface area (Å²) < 4.78 is 6.30. The number of ether oxygens (including phenoxy) is 1. The van der Waals surface area contributed by atoms with Crippen LogP contribution in [-0.4, -0.2) is 17.1 Å². The fourth-order valence-electron chi connectivity index (χ4n) is 1.64. The molecule has 0 aliphatic heterocycles. The SMILES string of the molecule is CC(C)(C)OC(O)NC(C)(C)c1ccc(Br)c(Cl)c1. The molecule has 0 aliphatic carbocycles. The third kappa shape index (κ3) is 5.40. The molecule has 0 aromatic heterocycles. The molecule has 0 aliphatic rings. The first kappa shape index (κ1) is 16.9. The van der Waals surface area contributed by atoms with Crippen molar-refractivity contribution in [2.24, 2.45) is 0 Å². The molecule has 0 saturated carbocycles. The van der Waals surface area contributed by atoms with Gasteiger partial charge in [-0.15, -0.1) is 0 Å². The predicted octanol–water partition coefficient (Wildman–Crippen LogP) is 4.02. The number of aliphatic hydroxyl groups excluding tert-OH is 1. The van der Waals surface area contributed by atoms with E-state index in [0.29, 0.717) is 5.02 Å². The van der Waals surface area contributed by atoms with E-state index in [1.165, 1.54) is 0 Å². The van der Waals surface area contributed by atoms with E-state index in [1.807, 2.05) is 52.8 Å². The zero-order valence-corrected chi connectivity index (χ0v) is 14.3. The number of benzene rings is 1. The maximum atomic E-state index is 9.93. The molecule has 1 aromatic carbocycles. The van der Waals surface area contributed by atoms with Crippen molar-refractivity contribution < 1.29 is 9.84 Å². The standard InChI is InChI=1S/C14H21BrClNO2/c1-13(2,3)19-12(18)17-14(4,5)9-6-7-10(15)11(16)8-9/h6-8,12,17-18H,1-5H3. The van der Waals surface area contributed by atoms with Gasteiger partial charge >= 0.3 is 0 Å². The van der Waals surface area contributed by atoms with E-state index in [1.54, 1.807) is 0 Å². The van der Waals surface area contributed by atoms with Crippen LogP contribution in [0.2, 0.25) is 5.02 Å². The van der Waals surface area contributed by atoms with E-state index >= 15 is 0 Å². The van der Waals surface area contributed by atoms with Gasteiger partial charge < -0.3 is 9.84 Å². The van der Waals surface area contributed by atoms with Gasteiger partial charge in [-0.1, -0.05) is 17.7 Å². The Hall–Kier alpha value is -0.130. The van der Waals surface area contributed by atoms with Crippen molar-refractivity contribution >= 4 is 27.5 Å². The summed E-state index contributed by atoms with van der Waals surface area (Å²) in [6.07, 6.45) is -1.04. The first-order chi connectivity index (χ1) is 8.51. The van der Waals surface area contributed by atoms with E-state index in [-0.39, 0.29) is 0 Å². The average molecular weight is 351 g/mol. The largest absolute Gasteiger partial charge is 0.356 e. The smallest absolute Gasteiger partial charge is 0.214 e. The second kappa shape index (κ2) is 6.10. The van der Waals surface area contributed by atoms with E-state index in [2.05, 4.69) is 21.2 Å². The van der Waals surface area contributed by atoms with Crippen molar-refractivity contribution in [3.63, 3.8) is 0 Å². The van der Waals surface area contributed by atoms with E-state index in [4.69, 9.17) is 16.3 Å². The Balaban J connectivity index is 2.82. The molecule has 19 heavy (non-hydrogen) atoms. The predicted molar refractivity (Wildman–Crippen MR) is 82.2 cm³/mol. The molecule has 1 unspecified atom stereocenters. The summed E-state index contributed by atoms with van der Waals surface area (Å²) in [4.78, 5) is 0. The van der Waals surface area contributed by atoms with Crippen LogP contribution in [0, 0.1) is 0 Å². The van der Waals surface area contributed by atoms with Gasteiger partial charge in [0, 0.05) is 10.0 Å². The van der Waals surface area contributed by atoms with Crippen LogP contribution in [0.1, 0.15) is 40.2 Å². The van der Waals surface area contributed by atoms with Crippen LogP contribution >= 0.6 is 27.5 Å². The highest BCUT2D eigenvalue weighted by Gasteiger charge is 2.26. The lowest BCUT2D eigenvalue weighted by Crippen LogP contribution is -2.47. The van der Waals surface area contributed by atoms with E-state index in [9.17, 15) is 5.11 Å². The molecule has 5 heteroatoms. The van der Waals surface area contributed by atoms with Crippen LogP contribution in [0.25, 0.3) is 0 Å². The van der Waals surface area contributed by atoms with Gasteiger partial charge in [0.15, 0.2) is 0 Å². The zero-order chi connectivity index (χ0) is 14.8. The molecule has 3 nitrogen and oxygen atoms in total. The van der Waals surface area contributed by atoms with Crippen molar-refractivity contribution in [3.8, 4) is 0 Å². The van der Waals surface area contributed by atoms with E-state index in [0.717, 1.165) is 10.0 Å². The fourth-order valence-corrected chi connectivity index (χ4v) is 2.07. The summed E-state index contributed by atoms with van der Waals surface area (Å²) in [5.74, 6) is 0. The highest BCUT2D eigenvalue weighted by Crippen LogP contribution is 2.29. The summed E-state index contributed by atoms with van der Waals surface area (Å²) in [6, 6.07) is 5.70. The first-order valence-electron chi connectivity index (χ1n) is 6.10. The minimum absolute atomic E-state index is 0.417. The molecule has 0 heterocycles. The molecule has 0 amide bonds. The molecule has 108 valence electrons. The summed E-state index contributed by atoms with van der Waals surface area (Å²) >= 11 is 9.45. The van der Waals surface area contributed by atoms with E-state index < -0.39 is 17.6 Å². The number of halogens is 2. The normalized spacial score (nSPS) is 14.5. The lowest BCUT2D eigenvalue weighted by atomic mass is 9.94. The molecule has 1 rings (SSSR count).